The van der Waals surface area contributed by atoms with Gasteiger partial charge in [-0.25, -0.2) is 4.98 Å². The van der Waals surface area contributed by atoms with Crippen LogP contribution in [-0.4, -0.2) is 29.5 Å². The van der Waals surface area contributed by atoms with Gasteiger partial charge in [-0.3, -0.25) is 4.90 Å². The Bertz CT molecular complexity index is 441. The lowest BCUT2D eigenvalue weighted by molar-refractivity contribution is 0.256. The van der Waals surface area contributed by atoms with Gasteiger partial charge in [0.15, 0.2) is 0 Å². The lowest BCUT2D eigenvalue weighted by Gasteiger charge is -2.24. The summed E-state index contributed by atoms with van der Waals surface area (Å²) in [7, 11) is 2.14. The lowest BCUT2D eigenvalue weighted by atomic mass is 10.2. The van der Waals surface area contributed by atoms with Crippen LogP contribution in [0.3, 0.4) is 0 Å². The van der Waals surface area contributed by atoms with Crippen molar-refractivity contribution in [2.75, 3.05) is 18.9 Å². The summed E-state index contributed by atoms with van der Waals surface area (Å²) < 4.78 is 0. The van der Waals surface area contributed by atoms with E-state index in [-0.39, 0.29) is 0 Å². The third-order valence-corrected chi connectivity index (χ3v) is 3.66. The molecule has 0 radical (unpaired) electrons. The van der Waals surface area contributed by atoms with Crippen molar-refractivity contribution in [3.8, 4) is 0 Å². The molecule has 1 heterocycles. The summed E-state index contributed by atoms with van der Waals surface area (Å²) in [5.41, 5.74) is 4.20. The van der Waals surface area contributed by atoms with Gasteiger partial charge < -0.3 is 5.32 Å². The van der Waals surface area contributed by atoms with Gasteiger partial charge in [0, 0.05) is 30.2 Å². The molecular formula is C14H19N3S. The second kappa shape index (κ2) is 6.52. The number of para-hydroxylation sites is 1. The average molecular weight is 261 g/mol. The molecule has 96 valence electrons. The first-order chi connectivity index (χ1) is 8.75. The van der Waals surface area contributed by atoms with Gasteiger partial charge in [0.1, 0.15) is 0 Å². The maximum Gasteiger partial charge on any atom is 0.0795 e. The normalized spacial score (nSPS) is 12.6. The Hall–Kier alpha value is -1.39. The molecule has 1 atom stereocenters. The zero-order chi connectivity index (χ0) is 12.8. The number of rotatable bonds is 6. The van der Waals surface area contributed by atoms with Crippen molar-refractivity contribution in [3.63, 3.8) is 0 Å². The maximum absolute atomic E-state index is 4.31. The smallest absolute Gasteiger partial charge is 0.0795 e. The number of thiazole rings is 1. The van der Waals surface area contributed by atoms with Gasteiger partial charge in [-0.2, -0.15) is 0 Å². The van der Waals surface area contributed by atoms with Gasteiger partial charge >= 0.3 is 0 Å². The third-order valence-electron chi connectivity index (χ3n) is 3.02. The maximum atomic E-state index is 4.31. The van der Waals surface area contributed by atoms with E-state index in [4.69, 9.17) is 0 Å². The van der Waals surface area contributed by atoms with Crippen molar-refractivity contribution >= 4 is 17.0 Å². The Morgan fingerprint density at radius 2 is 2.11 bits per heavy atom. The first-order valence-electron chi connectivity index (χ1n) is 6.12. The molecule has 0 aliphatic carbocycles. The minimum Gasteiger partial charge on any atom is -0.383 e. The Balaban J connectivity index is 1.79. The number of hydrogen-bond donors (Lipinski definition) is 1. The van der Waals surface area contributed by atoms with E-state index in [0.717, 1.165) is 18.8 Å². The quantitative estimate of drug-likeness (QED) is 0.866. The third kappa shape index (κ3) is 3.82. The molecular weight excluding hydrogens is 242 g/mol. The van der Waals surface area contributed by atoms with Crippen LogP contribution in [-0.2, 0) is 6.54 Å². The minimum absolute atomic E-state index is 0.465. The predicted octanol–water partition coefficient (Wildman–Crippen LogP) is 3.08. The van der Waals surface area contributed by atoms with E-state index in [1.165, 1.54) is 5.69 Å². The van der Waals surface area contributed by atoms with Gasteiger partial charge in [0.25, 0.3) is 0 Å². The van der Waals surface area contributed by atoms with E-state index in [1.807, 2.05) is 23.7 Å². The zero-order valence-corrected chi connectivity index (χ0v) is 11.7. The molecule has 3 nitrogen and oxygen atoms in total. The van der Waals surface area contributed by atoms with Crippen molar-refractivity contribution in [2.45, 2.75) is 19.5 Å². The second-order valence-electron chi connectivity index (χ2n) is 4.49. The SMILES string of the molecule is CC(CNc1ccccc1)N(C)Cc1cscn1. The Morgan fingerprint density at radius 1 is 1.33 bits per heavy atom. The monoisotopic (exact) mass is 261 g/mol. The molecule has 1 aromatic heterocycles. The highest BCUT2D eigenvalue weighted by Gasteiger charge is 2.10. The van der Waals surface area contributed by atoms with E-state index in [9.17, 15) is 0 Å². The average Bonchev–Trinajstić information content (AvgIpc) is 2.90. The molecule has 0 saturated carbocycles. The molecule has 0 amide bonds. The zero-order valence-electron chi connectivity index (χ0n) is 10.8. The van der Waals surface area contributed by atoms with Crippen LogP contribution in [0.15, 0.2) is 41.2 Å². The number of nitrogens with one attached hydrogen (secondary N) is 1. The Morgan fingerprint density at radius 3 is 2.78 bits per heavy atom. The first-order valence-corrected chi connectivity index (χ1v) is 7.06. The molecule has 0 fully saturated rings. The molecule has 0 spiro atoms. The van der Waals surface area contributed by atoms with Gasteiger partial charge in [0.05, 0.1) is 11.2 Å². The molecule has 1 unspecified atom stereocenters. The van der Waals surface area contributed by atoms with Gasteiger partial charge in [-0.1, -0.05) is 18.2 Å². The van der Waals surface area contributed by atoms with Crippen LogP contribution in [0.4, 0.5) is 5.69 Å². The molecule has 4 heteroatoms. The Labute approximate surface area is 112 Å². The highest BCUT2D eigenvalue weighted by molar-refractivity contribution is 7.07. The number of likely N-dealkylation sites (N-methyl/N-ethyl adjacent to an activating group) is 1. The molecule has 1 aromatic carbocycles. The second-order valence-corrected chi connectivity index (χ2v) is 5.21. The number of hydrogen-bond acceptors (Lipinski definition) is 4. The fraction of sp³-hybridized carbons (Fsp3) is 0.357. The van der Waals surface area contributed by atoms with Crippen LogP contribution in [0, 0.1) is 0 Å². The van der Waals surface area contributed by atoms with Crippen LogP contribution in [0.2, 0.25) is 0 Å². The summed E-state index contributed by atoms with van der Waals surface area (Å²) in [6, 6.07) is 10.8. The molecule has 2 rings (SSSR count). The molecule has 0 bridgehead atoms. The fourth-order valence-corrected chi connectivity index (χ4v) is 2.25. The van der Waals surface area contributed by atoms with E-state index in [1.54, 1.807) is 11.3 Å². The lowest BCUT2D eigenvalue weighted by Crippen LogP contribution is -2.34. The summed E-state index contributed by atoms with van der Waals surface area (Å²) in [4.78, 5) is 6.62. The summed E-state index contributed by atoms with van der Waals surface area (Å²) in [6.07, 6.45) is 0. The van der Waals surface area contributed by atoms with Crippen molar-refractivity contribution in [1.82, 2.24) is 9.88 Å². The molecule has 0 aliphatic rings. The number of anilines is 1. The van der Waals surface area contributed by atoms with Crippen molar-refractivity contribution in [3.05, 3.63) is 46.9 Å². The first kappa shape index (κ1) is 13.1. The Kier molecular flexibility index (Phi) is 4.73. The standard InChI is InChI=1S/C14H19N3S/c1-12(8-15-13-6-4-3-5-7-13)17(2)9-14-10-18-11-16-14/h3-7,10-12,15H,8-9H2,1-2H3. The highest BCUT2D eigenvalue weighted by Crippen LogP contribution is 2.09. The number of nitrogens with zero attached hydrogens (tertiary/aromatic N) is 2. The molecule has 18 heavy (non-hydrogen) atoms. The van der Waals surface area contributed by atoms with Crippen LogP contribution in [0.5, 0.6) is 0 Å². The summed E-state index contributed by atoms with van der Waals surface area (Å²) in [5, 5.41) is 5.55. The van der Waals surface area contributed by atoms with E-state index in [0.29, 0.717) is 6.04 Å². The molecule has 0 saturated heterocycles. The highest BCUT2D eigenvalue weighted by atomic mass is 32.1. The van der Waals surface area contributed by atoms with Crippen molar-refractivity contribution in [1.29, 1.82) is 0 Å². The topological polar surface area (TPSA) is 28.2 Å². The van der Waals surface area contributed by atoms with Crippen LogP contribution in [0.1, 0.15) is 12.6 Å². The largest absolute Gasteiger partial charge is 0.383 e. The fourth-order valence-electron chi connectivity index (χ4n) is 1.70. The van der Waals surface area contributed by atoms with Crippen LogP contribution >= 0.6 is 11.3 Å². The molecule has 1 N–H and O–H groups in total. The van der Waals surface area contributed by atoms with Gasteiger partial charge in [-0.05, 0) is 26.1 Å². The molecule has 2 aromatic rings. The predicted molar refractivity (Wildman–Crippen MR) is 78.0 cm³/mol. The van der Waals surface area contributed by atoms with Crippen molar-refractivity contribution < 1.29 is 0 Å². The number of benzene rings is 1. The molecule has 0 aliphatic heterocycles. The number of aromatic nitrogens is 1. The van der Waals surface area contributed by atoms with Crippen LogP contribution in [0.25, 0.3) is 0 Å². The van der Waals surface area contributed by atoms with E-state index < -0.39 is 0 Å². The van der Waals surface area contributed by atoms with Crippen molar-refractivity contribution in [2.24, 2.45) is 0 Å². The van der Waals surface area contributed by atoms with Gasteiger partial charge in [-0.15, -0.1) is 11.3 Å². The minimum atomic E-state index is 0.465. The van der Waals surface area contributed by atoms with Crippen LogP contribution < -0.4 is 5.32 Å². The van der Waals surface area contributed by atoms with E-state index in [2.05, 4.69) is 46.7 Å². The summed E-state index contributed by atoms with van der Waals surface area (Å²) in [6.45, 7) is 4.06. The summed E-state index contributed by atoms with van der Waals surface area (Å²) >= 11 is 1.65. The van der Waals surface area contributed by atoms with E-state index >= 15 is 0 Å². The summed E-state index contributed by atoms with van der Waals surface area (Å²) in [5.74, 6) is 0. The van der Waals surface area contributed by atoms with Gasteiger partial charge in [0.2, 0.25) is 0 Å².